The van der Waals surface area contributed by atoms with Crippen molar-refractivity contribution in [2.24, 2.45) is 0 Å². The lowest BCUT2D eigenvalue weighted by molar-refractivity contribution is -0.277. The van der Waals surface area contributed by atoms with Crippen molar-refractivity contribution in [2.75, 3.05) is 27.6 Å². The third kappa shape index (κ3) is 4.80. The van der Waals surface area contributed by atoms with Crippen LogP contribution in [0, 0.1) is 0 Å². The van der Waals surface area contributed by atoms with E-state index in [9.17, 15) is 20.4 Å². The van der Waals surface area contributed by atoms with Crippen LogP contribution in [0.2, 0.25) is 0 Å². The van der Waals surface area contributed by atoms with E-state index >= 15 is 0 Å². The zero-order chi connectivity index (χ0) is 23.5. The van der Waals surface area contributed by atoms with E-state index in [0.717, 1.165) is 11.1 Å². The lowest BCUT2D eigenvalue weighted by Crippen LogP contribution is -2.60. The van der Waals surface area contributed by atoms with Crippen molar-refractivity contribution in [3.05, 3.63) is 41.5 Å². The lowest BCUT2D eigenvalue weighted by atomic mass is 9.99. The second-order valence-corrected chi connectivity index (χ2v) is 7.83. The smallest absolute Gasteiger partial charge is 0.231 e. The summed E-state index contributed by atoms with van der Waals surface area (Å²) in [5, 5.41) is 39.4. The Morgan fingerprint density at radius 2 is 1.58 bits per heavy atom. The molecule has 0 amide bonds. The molecular formula is C23H28O10. The molecule has 2 heterocycles. The normalized spacial score (nSPS) is 26.2. The van der Waals surface area contributed by atoms with E-state index in [0.29, 0.717) is 35.8 Å². The zero-order valence-corrected chi connectivity index (χ0v) is 18.3. The van der Waals surface area contributed by atoms with E-state index < -0.39 is 37.3 Å². The fraction of sp³-hybridized carbons (Fsp3) is 0.478. The van der Waals surface area contributed by atoms with Crippen LogP contribution in [-0.2, 0) is 17.6 Å². The molecular weight excluding hydrogens is 436 g/mol. The monoisotopic (exact) mass is 464 g/mol. The van der Waals surface area contributed by atoms with Crippen LogP contribution in [0.5, 0.6) is 28.7 Å². The summed E-state index contributed by atoms with van der Waals surface area (Å²) >= 11 is 0. The first-order chi connectivity index (χ1) is 15.9. The summed E-state index contributed by atoms with van der Waals surface area (Å²) in [5.41, 5.74) is 2.00. The highest BCUT2D eigenvalue weighted by Gasteiger charge is 2.45. The molecule has 0 aliphatic carbocycles. The molecule has 2 aromatic carbocycles. The molecule has 2 aliphatic heterocycles. The van der Waals surface area contributed by atoms with Gasteiger partial charge in [-0.25, -0.2) is 0 Å². The molecule has 10 nitrogen and oxygen atoms in total. The van der Waals surface area contributed by atoms with Gasteiger partial charge in [0.2, 0.25) is 18.8 Å². The lowest BCUT2D eigenvalue weighted by Gasteiger charge is -2.39. The summed E-state index contributed by atoms with van der Waals surface area (Å²) < 4.78 is 32.8. The van der Waals surface area contributed by atoms with Gasteiger partial charge in [-0.05, 0) is 48.2 Å². The molecule has 0 spiro atoms. The maximum Gasteiger partial charge on any atom is 0.231 e. The Hall–Kier alpha value is -2.76. The summed E-state index contributed by atoms with van der Waals surface area (Å²) in [7, 11) is 3.07. The SMILES string of the molecule is COc1cc(CCc2cc(OC)c3c(c2)OCO3)ccc1O[C@@H]1O[C@H](CO)[C@@H](O)[C@H](O)[C@H]1O. The summed E-state index contributed by atoms with van der Waals surface area (Å²) in [6.45, 7) is -0.367. The van der Waals surface area contributed by atoms with E-state index in [1.165, 1.54) is 7.11 Å². The molecule has 0 radical (unpaired) electrons. The molecule has 180 valence electrons. The van der Waals surface area contributed by atoms with Crippen LogP contribution in [0.15, 0.2) is 30.3 Å². The first-order valence-corrected chi connectivity index (χ1v) is 10.6. The van der Waals surface area contributed by atoms with Crippen molar-refractivity contribution < 1.29 is 48.8 Å². The molecule has 1 fully saturated rings. The van der Waals surface area contributed by atoms with Crippen LogP contribution in [-0.4, -0.2) is 78.8 Å². The molecule has 4 N–H and O–H groups in total. The minimum absolute atomic E-state index is 0.169. The first kappa shape index (κ1) is 23.4. The van der Waals surface area contributed by atoms with Crippen LogP contribution in [0.4, 0.5) is 0 Å². The minimum atomic E-state index is -1.52. The van der Waals surface area contributed by atoms with Gasteiger partial charge in [-0.3, -0.25) is 0 Å². The highest BCUT2D eigenvalue weighted by molar-refractivity contribution is 5.55. The average Bonchev–Trinajstić information content (AvgIpc) is 3.31. The van der Waals surface area contributed by atoms with Crippen LogP contribution in [0.25, 0.3) is 0 Å². The predicted molar refractivity (Wildman–Crippen MR) is 114 cm³/mol. The highest BCUT2D eigenvalue weighted by Crippen LogP contribution is 2.42. The zero-order valence-electron chi connectivity index (χ0n) is 18.3. The Morgan fingerprint density at radius 3 is 2.30 bits per heavy atom. The highest BCUT2D eigenvalue weighted by atomic mass is 16.7. The van der Waals surface area contributed by atoms with E-state index in [-0.39, 0.29) is 12.5 Å². The van der Waals surface area contributed by atoms with Gasteiger partial charge in [-0.2, -0.15) is 0 Å². The van der Waals surface area contributed by atoms with Gasteiger partial charge in [0.05, 0.1) is 20.8 Å². The number of methoxy groups -OCH3 is 2. The van der Waals surface area contributed by atoms with Crippen molar-refractivity contribution in [3.8, 4) is 28.7 Å². The molecule has 10 heteroatoms. The van der Waals surface area contributed by atoms with Gasteiger partial charge in [0.25, 0.3) is 0 Å². The second kappa shape index (κ2) is 10.0. The number of benzene rings is 2. The molecule has 4 rings (SSSR count). The molecule has 1 saturated heterocycles. The molecule has 0 saturated carbocycles. The number of aliphatic hydroxyl groups excluding tert-OH is 4. The average molecular weight is 464 g/mol. The number of rotatable bonds is 8. The topological polar surface area (TPSA) is 136 Å². The Bertz CT molecular complexity index is 962. The van der Waals surface area contributed by atoms with Crippen LogP contribution in [0.1, 0.15) is 11.1 Å². The molecule has 0 aromatic heterocycles. The summed E-state index contributed by atoms with van der Waals surface area (Å²) in [6.07, 6.45) is -5.43. The predicted octanol–water partition coefficient (Wildman–Crippen LogP) is 0.396. The summed E-state index contributed by atoms with van der Waals surface area (Å²) in [4.78, 5) is 0. The standard InChI is InChI=1S/C23H28O10/c1-28-15-7-12(3-4-13-8-16(29-2)22-17(9-13)30-11-31-22)5-6-14(15)32-23-21(27)20(26)19(25)18(10-24)33-23/h5-9,18-21,23-27H,3-4,10-11H2,1-2H3/t18-,19-,20+,21-,23-/m1/s1. The van der Waals surface area contributed by atoms with Gasteiger partial charge in [0, 0.05) is 0 Å². The third-order valence-corrected chi connectivity index (χ3v) is 5.74. The number of fused-ring (bicyclic) bond motifs is 1. The fourth-order valence-electron chi connectivity index (χ4n) is 3.87. The number of hydrogen-bond acceptors (Lipinski definition) is 10. The molecule has 2 aromatic rings. The largest absolute Gasteiger partial charge is 0.493 e. The van der Waals surface area contributed by atoms with Gasteiger partial charge in [0.1, 0.15) is 24.4 Å². The fourth-order valence-corrected chi connectivity index (χ4v) is 3.87. The maximum absolute atomic E-state index is 10.2. The van der Waals surface area contributed by atoms with E-state index in [1.807, 2.05) is 24.3 Å². The first-order valence-electron chi connectivity index (χ1n) is 10.6. The van der Waals surface area contributed by atoms with Crippen molar-refractivity contribution in [1.82, 2.24) is 0 Å². The Morgan fingerprint density at radius 1 is 0.848 bits per heavy atom. The third-order valence-electron chi connectivity index (χ3n) is 5.74. The van der Waals surface area contributed by atoms with Gasteiger partial charge >= 0.3 is 0 Å². The van der Waals surface area contributed by atoms with Gasteiger partial charge in [-0.1, -0.05) is 6.07 Å². The van der Waals surface area contributed by atoms with Crippen LogP contribution in [0.3, 0.4) is 0 Å². The van der Waals surface area contributed by atoms with Gasteiger partial charge in [0.15, 0.2) is 23.0 Å². The van der Waals surface area contributed by atoms with Crippen LogP contribution < -0.4 is 23.7 Å². The second-order valence-electron chi connectivity index (χ2n) is 7.83. The number of ether oxygens (including phenoxy) is 6. The number of aryl methyl sites for hydroxylation is 2. The Labute approximate surface area is 190 Å². The van der Waals surface area contributed by atoms with E-state index in [1.54, 1.807) is 13.2 Å². The van der Waals surface area contributed by atoms with Gasteiger partial charge in [-0.15, -0.1) is 0 Å². The van der Waals surface area contributed by atoms with E-state index in [2.05, 4.69) is 0 Å². The number of hydrogen-bond donors (Lipinski definition) is 4. The molecule has 2 aliphatic rings. The molecule has 0 unspecified atom stereocenters. The van der Waals surface area contributed by atoms with Crippen molar-refractivity contribution in [1.29, 1.82) is 0 Å². The maximum atomic E-state index is 10.2. The Kier molecular flexibility index (Phi) is 7.11. The summed E-state index contributed by atoms with van der Waals surface area (Å²) in [5.74, 6) is 2.59. The molecule has 33 heavy (non-hydrogen) atoms. The molecule has 0 bridgehead atoms. The quantitative estimate of drug-likeness (QED) is 0.434. The van der Waals surface area contributed by atoms with Gasteiger partial charge < -0.3 is 48.8 Å². The van der Waals surface area contributed by atoms with Crippen molar-refractivity contribution in [3.63, 3.8) is 0 Å². The Balaban J connectivity index is 1.45. The van der Waals surface area contributed by atoms with Crippen molar-refractivity contribution >= 4 is 0 Å². The number of aliphatic hydroxyl groups is 4. The van der Waals surface area contributed by atoms with Crippen LogP contribution >= 0.6 is 0 Å². The molecule has 5 atom stereocenters. The summed E-state index contributed by atoms with van der Waals surface area (Å²) in [6, 6.07) is 9.19. The van der Waals surface area contributed by atoms with E-state index in [4.69, 9.17) is 28.4 Å². The van der Waals surface area contributed by atoms with Crippen molar-refractivity contribution in [2.45, 2.75) is 43.5 Å². The minimum Gasteiger partial charge on any atom is -0.493 e.